The first-order valence-corrected chi connectivity index (χ1v) is 9.94. The zero-order chi connectivity index (χ0) is 20.3. The van der Waals surface area contributed by atoms with Crippen molar-refractivity contribution < 1.29 is 14.7 Å². The van der Waals surface area contributed by atoms with E-state index in [1.807, 2.05) is 25.1 Å². The van der Waals surface area contributed by atoms with E-state index in [4.69, 9.17) is 22.4 Å². The molecule has 0 aliphatic carbocycles. The van der Waals surface area contributed by atoms with Crippen LogP contribution in [0.15, 0.2) is 42.5 Å². The molecular weight excluding hydrogens is 376 g/mol. The Bertz CT molecular complexity index is 878. The van der Waals surface area contributed by atoms with Gasteiger partial charge < -0.3 is 15.7 Å². The number of rotatable bonds is 6. The smallest absolute Gasteiger partial charge is 0.335 e. The third kappa shape index (κ3) is 4.14. The molecule has 1 saturated heterocycles. The Hall–Kier alpha value is -2.53. The molecular formula is C22H25ClN2O3. The summed E-state index contributed by atoms with van der Waals surface area (Å²) in [5, 5.41) is 9.40. The molecule has 1 fully saturated rings. The number of carbonyl (C=O) groups is 2. The van der Waals surface area contributed by atoms with Gasteiger partial charge in [0.2, 0.25) is 5.91 Å². The quantitative estimate of drug-likeness (QED) is 0.752. The normalized spacial score (nSPS) is 16.4. The molecule has 1 amide bonds. The van der Waals surface area contributed by atoms with E-state index >= 15 is 0 Å². The van der Waals surface area contributed by atoms with Crippen molar-refractivity contribution in [1.29, 1.82) is 0 Å². The average molecular weight is 401 g/mol. The lowest BCUT2D eigenvalue weighted by molar-refractivity contribution is -0.119. The Kier molecular flexibility index (Phi) is 6.25. The van der Waals surface area contributed by atoms with Gasteiger partial charge in [-0.3, -0.25) is 4.79 Å². The van der Waals surface area contributed by atoms with Crippen LogP contribution in [0.1, 0.15) is 59.5 Å². The molecule has 1 heterocycles. The molecule has 148 valence electrons. The van der Waals surface area contributed by atoms with Crippen LogP contribution in [0.5, 0.6) is 0 Å². The molecule has 2 atom stereocenters. The fourth-order valence-corrected chi connectivity index (χ4v) is 4.35. The standard InChI is InChI=1S/C22H25ClN2O3/c1-14(16-7-3-4-8-19(16)25-11-5-2-6-12-25)20(21(24)26)17-10-9-15(22(27)28)13-18(17)23/h3-4,7-10,13-14,20H,2,5-6,11-12H2,1H3,(H2,24,26)(H,27,28). The Balaban J connectivity index is 2.00. The van der Waals surface area contributed by atoms with Crippen LogP contribution >= 0.6 is 11.6 Å². The summed E-state index contributed by atoms with van der Waals surface area (Å²) in [6.45, 7) is 3.97. The molecule has 0 bridgehead atoms. The van der Waals surface area contributed by atoms with Crippen molar-refractivity contribution >= 4 is 29.2 Å². The minimum Gasteiger partial charge on any atom is -0.478 e. The minimum atomic E-state index is -1.06. The Morgan fingerprint density at radius 1 is 1.07 bits per heavy atom. The third-order valence-electron chi connectivity index (χ3n) is 5.51. The summed E-state index contributed by atoms with van der Waals surface area (Å²) in [5.41, 5.74) is 8.58. The van der Waals surface area contributed by atoms with Crippen molar-refractivity contribution in [2.24, 2.45) is 5.73 Å². The highest BCUT2D eigenvalue weighted by molar-refractivity contribution is 6.32. The summed E-state index contributed by atoms with van der Waals surface area (Å²) in [4.78, 5) is 26.0. The molecule has 6 heteroatoms. The van der Waals surface area contributed by atoms with E-state index in [1.165, 1.54) is 18.6 Å². The molecule has 2 aromatic carbocycles. The van der Waals surface area contributed by atoms with Crippen LogP contribution in [0.3, 0.4) is 0 Å². The molecule has 1 aliphatic rings. The number of carbonyl (C=O) groups excluding carboxylic acids is 1. The first-order valence-electron chi connectivity index (χ1n) is 9.56. The lowest BCUT2D eigenvalue weighted by Crippen LogP contribution is -2.32. The van der Waals surface area contributed by atoms with Gasteiger partial charge in [-0.1, -0.05) is 42.8 Å². The monoisotopic (exact) mass is 400 g/mol. The average Bonchev–Trinajstić information content (AvgIpc) is 2.69. The second-order valence-electron chi connectivity index (χ2n) is 7.32. The van der Waals surface area contributed by atoms with Crippen LogP contribution in [0.4, 0.5) is 5.69 Å². The van der Waals surface area contributed by atoms with E-state index < -0.39 is 17.8 Å². The molecule has 0 aromatic heterocycles. The van der Waals surface area contributed by atoms with Crippen LogP contribution in [0.2, 0.25) is 5.02 Å². The van der Waals surface area contributed by atoms with Crippen molar-refractivity contribution in [3.8, 4) is 0 Å². The highest BCUT2D eigenvalue weighted by Gasteiger charge is 2.30. The third-order valence-corrected chi connectivity index (χ3v) is 5.84. The second kappa shape index (κ2) is 8.65. The highest BCUT2D eigenvalue weighted by atomic mass is 35.5. The van der Waals surface area contributed by atoms with Crippen LogP contribution in [-0.4, -0.2) is 30.1 Å². The molecule has 2 unspecified atom stereocenters. The number of hydrogen-bond donors (Lipinski definition) is 2. The Morgan fingerprint density at radius 3 is 2.36 bits per heavy atom. The minimum absolute atomic E-state index is 0.0818. The van der Waals surface area contributed by atoms with Gasteiger partial charge >= 0.3 is 5.97 Å². The van der Waals surface area contributed by atoms with Gasteiger partial charge in [0.05, 0.1) is 11.5 Å². The molecule has 3 N–H and O–H groups in total. The first-order chi connectivity index (χ1) is 13.4. The number of benzene rings is 2. The van der Waals surface area contributed by atoms with Gasteiger partial charge in [-0.05, 0) is 54.5 Å². The number of nitrogens with two attached hydrogens (primary N) is 1. The lowest BCUT2D eigenvalue weighted by atomic mass is 9.81. The van der Waals surface area contributed by atoms with Crippen molar-refractivity contribution in [1.82, 2.24) is 0 Å². The van der Waals surface area contributed by atoms with E-state index in [0.29, 0.717) is 5.56 Å². The number of piperidine rings is 1. The molecule has 2 aromatic rings. The van der Waals surface area contributed by atoms with Gasteiger partial charge in [-0.15, -0.1) is 0 Å². The number of amides is 1. The zero-order valence-electron chi connectivity index (χ0n) is 15.9. The largest absolute Gasteiger partial charge is 0.478 e. The molecule has 28 heavy (non-hydrogen) atoms. The van der Waals surface area contributed by atoms with Crippen LogP contribution in [0.25, 0.3) is 0 Å². The van der Waals surface area contributed by atoms with E-state index in [9.17, 15) is 9.59 Å². The number of carboxylic acids is 1. The summed E-state index contributed by atoms with van der Waals surface area (Å²) in [5.74, 6) is -2.40. The molecule has 0 radical (unpaired) electrons. The summed E-state index contributed by atoms with van der Waals surface area (Å²) in [7, 11) is 0. The van der Waals surface area contributed by atoms with Gasteiger partial charge in [-0.25, -0.2) is 4.79 Å². The van der Waals surface area contributed by atoms with Gasteiger partial charge in [0.15, 0.2) is 0 Å². The molecule has 3 rings (SSSR count). The Morgan fingerprint density at radius 2 is 1.75 bits per heavy atom. The molecule has 0 saturated carbocycles. The Labute approximate surface area is 170 Å². The van der Waals surface area contributed by atoms with Crippen LogP contribution in [0, 0.1) is 0 Å². The number of carboxylic acid groups (broad SMARTS) is 1. The van der Waals surface area contributed by atoms with Crippen LogP contribution in [-0.2, 0) is 4.79 Å². The predicted molar refractivity (Wildman–Crippen MR) is 111 cm³/mol. The molecule has 5 nitrogen and oxygen atoms in total. The van der Waals surface area contributed by atoms with Gasteiger partial charge in [-0.2, -0.15) is 0 Å². The highest BCUT2D eigenvalue weighted by Crippen LogP contribution is 2.40. The first kappa shape index (κ1) is 20.2. The van der Waals surface area contributed by atoms with Crippen molar-refractivity contribution in [2.75, 3.05) is 18.0 Å². The maximum Gasteiger partial charge on any atom is 0.335 e. The fraction of sp³-hybridized carbons (Fsp3) is 0.364. The second-order valence-corrected chi connectivity index (χ2v) is 7.72. The number of nitrogens with zero attached hydrogens (tertiary/aromatic N) is 1. The SMILES string of the molecule is CC(c1ccccc1N1CCCCC1)C(C(N)=O)c1ccc(C(=O)O)cc1Cl. The van der Waals surface area contributed by atoms with E-state index in [0.717, 1.165) is 37.2 Å². The van der Waals surface area contributed by atoms with Gasteiger partial charge in [0.1, 0.15) is 0 Å². The predicted octanol–water partition coefficient (Wildman–Crippen LogP) is 4.40. The number of halogens is 1. The summed E-state index contributed by atoms with van der Waals surface area (Å²) in [6.07, 6.45) is 3.55. The number of hydrogen-bond acceptors (Lipinski definition) is 3. The van der Waals surface area contributed by atoms with E-state index in [1.54, 1.807) is 6.07 Å². The zero-order valence-corrected chi connectivity index (χ0v) is 16.7. The maximum atomic E-state index is 12.4. The maximum absolute atomic E-state index is 12.4. The lowest BCUT2D eigenvalue weighted by Gasteiger charge is -2.33. The summed E-state index contributed by atoms with van der Waals surface area (Å²) in [6, 6.07) is 12.5. The van der Waals surface area contributed by atoms with Gasteiger partial charge in [0.25, 0.3) is 0 Å². The number of para-hydroxylation sites is 1. The molecule has 1 aliphatic heterocycles. The molecule has 0 spiro atoms. The number of aromatic carboxylic acids is 1. The van der Waals surface area contributed by atoms with E-state index in [2.05, 4.69) is 11.0 Å². The number of anilines is 1. The fourth-order valence-electron chi connectivity index (χ4n) is 4.06. The topological polar surface area (TPSA) is 83.6 Å². The van der Waals surface area contributed by atoms with E-state index in [-0.39, 0.29) is 16.5 Å². The summed E-state index contributed by atoms with van der Waals surface area (Å²) < 4.78 is 0. The summed E-state index contributed by atoms with van der Waals surface area (Å²) >= 11 is 6.35. The van der Waals surface area contributed by atoms with Crippen molar-refractivity contribution in [2.45, 2.75) is 38.0 Å². The van der Waals surface area contributed by atoms with Crippen LogP contribution < -0.4 is 10.6 Å². The van der Waals surface area contributed by atoms with Crippen molar-refractivity contribution in [3.05, 3.63) is 64.2 Å². The number of primary amides is 1. The van der Waals surface area contributed by atoms with Gasteiger partial charge in [0, 0.05) is 23.8 Å². The van der Waals surface area contributed by atoms with Crippen molar-refractivity contribution in [3.63, 3.8) is 0 Å².